The van der Waals surface area contributed by atoms with E-state index in [9.17, 15) is 13.2 Å². The summed E-state index contributed by atoms with van der Waals surface area (Å²) in [7, 11) is 1.71. The van der Waals surface area contributed by atoms with Crippen LogP contribution in [-0.4, -0.2) is 33.5 Å². The standard InChI is InChI=1S/C9H14F3N5O/c1-17-5-6(3-15-17)2-14-4-7(8(13)16-18)9(10,11)12/h3,5,7,14,18H,2,4H2,1H3,(H2,13,16). The van der Waals surface area contributed by atoms with Crippen LogP contribution in [0, 0.1) is 5.92 Å². The third-order valence-electron chi connectivity index (χ3n) is 2.30. The first-order valence-electron chi connectivity index (χ1n) is 5.07. The number of hydrogen-bond acceptors (Lipinski definition) is 4. The molecule has 1 unspecified atom stereocenters. The minimum atomic E-state index is -4.56. The molecule has 0 aliphatic carbocycles. The van der Waals surface area contributed by atoms with E-state index in [4.69, 9.17) is 10.9 Å². The van der Waals surface area contributed by atoms with Crippen molar-refractivity contribution in [3.63, 3.8) is 0 Å². The van der Waals surface area contributed by atoms with Gasteiger partial charge in [0, 0.05) is 31.9 Å². The molecule has 0 aliphatic rings. The van der Waals surface area contributed by atoms with E-state index in [1.165, 1.54) is 0 Å². The molecule has 0 amide bonds. The van der Waals surface area contributed by atoms with Gasteiger partial charge in [-0.15, -0.1) is 0 Å². The minimum Gasteiger partial charge on any atom is -0.409 e. The van der Waals surface area contributed by atoms with Crippen molar-refractivity contribution < 1.29 is 18.4 Å². The smallest absolute Gasteiger partial charge is 0.400 e. The molecule has 0 fully saturated rings. The summed E-state index contributed by atoms with van der Waals surface area (Å²) in [5.41, 5.74) is 5.76. The molecule has 0 spiro atoms. The monoisotopic (exact) mass is 265 g/mol. The number of halogens is 3. The minimum absolute atomic E-state index is 0.221. The first kappa shape index (κ1) is 14.3. The second-order valence-corrected chi connectivity index (χ2v) is 3.77. The van der Waals surface area contributed by atoms with E-state index >= 15 is 0 Å². The molecular weight excluding hydrogens is 251 g/mol. The maximum Gasteiger partial charge on any atom is 0.400 e. The van der Waals surface area contributed by atoms with Crippen LogP contribution >= 0.6 is 0 Å². The maximum absolute atomic E-state index is 12.6. The van der Waals surface area contributed by atoms with Gasteiger partial charge < -0.3 is 16.3 Å². The summed E-state index contributed by atoms with van der Waals surface area (Å²) in [6.45, 7) is -0.243. The Hall–Kier alpha value is -1.77. The number of rotatable bonds is 5. The van der Waals surface area contributed by atoms with E-state index in [2.05, 4.69) is 15.6 Å². The number of nitrogens with zero attached hydrogens (tertiary/aromatic N) is 3. The normalized spacial score (nSPS) is 14.8. The van der Waals surface area contributed by atoms with Crippen molar-refractivity contribution >= 4 is 5.84 Å². The van der Waals surface area contributed by atoms with Crippen LogP contribution in [-0.2, 0) is 13.6 Å². The fraction of sp³-hybridized carbons (Fsp3) is 0.556. The van der Waals surface area contributed by atoms with Gasteiger partial charge in [-0.2, -0.15) is 18.3 Å². The van der Waals surface area contributed by atoms with Crippen LogP contribution < -0.4 is 11.1 Å². The molecule has 0 aliphatic heterocycles. The van der Waals surface area contributed by atoms with Gasteiger partial charge in [-0.1, -0.05) is 5.16 Å². The molecule has 6 nitrogen and oxygen atoms in total. The van der Waals surface area contributed by atoms with Crippen LogP contribution in [0.4, 0.5) is 13.2 Å². The van der Waals surface area contributed by atoms with E-state index < -0.39 is 24.5 Å². The van der Waals surface area contributed by atoms with Gasteiger partial charge in [-0.25, -0.2) is 0 Å². The van der Waals surface area contributed by atoms with Crippen molar-refractivity contribution in [2.24, 2.45) is 23.9 Å². The number of aryl methyl sites for hydroxylation is 1. The van der Waals surface area contributed by atoms with Crippen LogP contribution in [0.25, 0.3) is 0 Å². The predicted molar refractivity (Wildman–Crippen MR) is 57.9 cm³/mol. The summed E-state index contributed by atoms with van der Waals surface area (Å²) >= 11 is 0. The zero-order chi connectivity index (χ0) is 13.8. The van der Waals surface area contributed by atoms with Crippen molar-refractivity contribution in [3.05, 3.63) is 18.0 Å². The topological polar surface area (TPSA) is 88.5 Å². The van der Waals surface area contributed by atoms with Crippen molar-refractivity contribution in [3.8, 4) is 0 Å². The van der Waals surface area contributed by atoms with E-state index in [0.717, 1.165) is 5.56 Å². The van der Waals surface area contributed by atoms with Crippen molar-refractivity contribution in [1.29, 1.82) is 0 Å². The van der Waals surface area contributed by atoms with Crippen LogP contribution in [0.15, 0.2) is 17.5 Å². The molecule has 1 aromatic heterocycles. The second kappa shape index (κ2) is 5.71. The van der Waals surface area contributed by atoms with Gasteiger partial charge in [-0.3, -0.25) is 4.68 Å². The number of amidine groups is 1. The first-order valence-corrected chi connectivity index (χ1v) is 5.07. The molecule has 18 heavy (non-hydrogen) atoms. The number of nitrogens with two attached hydrogens (primary N) is 1. The summed E-state index contributed by atoms with van der Waals surface area (Å²) in [5.74, 6) is -2.87. The molecule has 0 aromatic carbocycles. The maximum atomic E-state index is 12.6. The molecule has 1 aromatic rings. The predicted octanol–water partition coefficient (Wildman–Crippen LogP) is 0.435. The third-order valence-corrected chi connectivity index (χ3v) is 2.30. The summed E-state index contributed by atoms with van der Waals surface area (Å²) in [6.07, 6.45) is -1.34. The second-order valence-electron chi connectivity index (χ2n) is 3.77. The van der Waals surface area contributed by atoms with Gasteiger partial charge >= 0.3 is 6.18 Å². The molecule has 1 atom stereocenters. The van der Waals surface area contributed by atoms with Crippen LogP contribution in [0.1, 0.15) is 5.56 Å². The number of aromatic nitrogens is 2. The Morgan fingerprint density at radius 3 is 2.78 bits per heavy atom. The molecule has 1 rings (SSSR count). The van der Waals surface area contributed by atoms with E-state index in [-0.39, 0.29) is 6.54 Å². The SMILES string of the molecule is Cn1cc(CNCC(/C(N)=N/O)C(F)(F)F)cn1. The Kier molecular flexibility index (Phi) is 4.54. The molecule has 0 saturated heterocycles. The Balaban J connectivity index is 2.53. The lowest BCUT2D eigenvalue weighted by Gasteiger charge is -2.19. The lowest BCUT2D eigenvalue weighted by atomic mass is 10.1. The number of oxime groups is 1. The number of nitrogens with one attached hydrogen (secondary N) is 1. The Morgan fingerprint density at radius 2 is 2.33 bits per heavy atom. The molecule has 0 radical (unpaired) electrons. The number of hydrogen-bond donors (Lipinski definition) is 3. The highest BCUT2D eigenvalue weighted by Gasteiger charge is 2.42. The highest BCUT2D eigenvalue weighted by Crippen LogP contribution is 2.25. The molecule has 4 N–H and O–H groups in total. The van der Waals surface area contributed by atoms with Gasteiger partial charge in [0.2, 0.25) is 0 Å². The summed E-state index contributed by atoms with van der Waals surface area (Å²) in [5, 5.41) is 17.2. The van der Waals surface area contributed by atoms with Gasteiger partial charge in [0.15, 0.2) is 5.84 Å². The van der Waals surface area contributed by atoms with Crippen LogP contribution in [0.3, 0.4) is 0 Å². The quantitative estimate of drug-likeness (QED) is 0.312. The fourth-order valence-corrected chi connectivity index (χ4v) is 1.38. The van der Waals surface area contributed by atoms with Crippen LogP contribution in [0.2, 0.25) is 0 Å². The van der Waals surface area contributed by atoms with Gasteiger partial charge in [0.1, 0.15) is 5.92 Å². The van der Waals surface area contributed by atoms with E-state index in [0.29, 0.717) is 0 Å². The lowest BCUT2D eigenvalue weighted by molar-refractivity contribution is -0.154. The molecule has 9 heteroatoms. The van der Waals surface area contributed by atoms with E-state index in [1.807, 2.05) is 0 Å². The van der Waals surface area contributed by atoms with Crippen LogP contribution in [0.5, 0.6) is 0 Å². The molecule has 1 heterocycles. The van der Waals surface area contributed by atoms with Gasteiger partial charge in [-0.05, 0) is 0 Å². The molecule has 0 bridgehead atoms. The molecule has 102 valence electrons. The summed E-state index contributed by atoms with van der Waals surface area (Å²) < 4.78 is 39.2. The van der Waals surface area contributed by atoms with Gasteiger partial charge in [0.05, 0.1) is 6.20 Å². The average molecular weight is 265 g/mol. The van der Waals surface area contributed by atoms with Gasteiger partial charge in [0.25, 0.3) is 0 Å². The first-order chi connectivity index (χ1) is 8.34. The Morgan fingerprint density at radius 1 is 1.67 bits per heavy atom. The zero-order valence-corrected chi connectivity index (χ0v) is 9.65. The average Bonchev–Trinajstić information content (AvgIpc) is 2.68. The highest BCUT2D eigenvalue weighted by molar-refractivity contribution is 5.83. The lowest BCUT2D eigenvalue weighted by Crippen LogP contribution is -2.42. The fourth-order valence-electron chi connectivity index (χ4n) is 1.38. The summed E-state index contributed by atoms with van der Waals surface area (Å²) in [6, 6.07) is 0. The zero-order valence-electron chi connectivity index (χ0n) is 9.65. The highest BCUT2D eigenvalue weighted by atomic mass is 19.4. The number of alkyl halides is 3. The summed E-state index contributed by atoms with van der Waals surface area (Å²) in [4.78, 5) is 0. The third kappa shape index (κ3) is 3.91. The van der Waals surface area contributed by atoms with Crippen molar-refractivity contribution in [2.75, 3.05) is 6.54 Å². The molecule has 0 saturated carbocycles. The Bertz CT molecular complexity index is 415. The molecular formula is C9H14F3N5O. The largest absolute Gasteiger partial charge is 0.409 e. The van der Waals surface area contributed by atoms with Crippen molar-refractivity contribution in [1.82, 2.24) is 15.1 Å². The van der Waals surface area contributed by atoms with E-state index in [1.54, 1.807) is 24.1 Å². The van der Waals surface area contributed by atoms with Crippen molar-refractivity contribution in [2.45, 2.75) is 12.7 Å². The Labute approximate surface area is 101 Å².